The van der Waals surface area contributed by atoms with E-state index in [1.54, 1.807) is 13.8 Å². The Balaban J connectivity index is 4.82. The van der Waals surface area contributed by atoms with Crippen molar-refractivity contribution in [3.8, 4) is 0 Å². The maximum Gasteiger partial charge on any atom is 0.326 e. The van der Waals surface area contributed by atoms with Gasteiger partial charge in [0.05, 0.1) is 12.7 Å². The zero-order valence-electron chi connectivity index (χ0n) is 15.2. The van der Waals surface area contributed by atoms with E-state index in [0.29, 0.717) is 0 Å². The van der Waals surface area contributed by atoms with Crippen LogP contribution < -0.4 is 21.7 Å². The van der Waals surface area contributed by atoms with Crippen LogP contribution in [-0.2, 0) is 19.2 Å². The molecule has 8 N–H and O–H groups in total. The summed E-state index contributed by atoms with van der Waals surface area (Å²) in [4.78, 5) is 47.0. The maximum atomic E-state index is 12.1. The van der Waals surface area contributed by atoms with E-state index in [1.165, 1.54) is 13.8 Å². The first-order chi connectivity index (χ1) is 11.9. The fraction of sp³-hybridized carbons (Fsp3) is 0.733. The van der Waals surface area contributed by atoms with Gasteiger partial charge in [0.25, 0.3) is 0 Å². The van der Waals surface area contributed by atoms with Crippen LogP contribution in [0.25, 0.3) is 0 Å². The minimum atomic E-state index is -1.39. The predicted octanol–water partition coefficient (Wildman–Crippen LogP) is -3.10. The summed E-state index contributed by atoms with van der Waals surface area (Å²) in [5, 5.41) is 34.3. The van der Waals surface area contributed by atoms with Gasteiger partial charge in [-0.15, -0.1) is 0 Å². The van der Waals surface area contributed by atoms with Gasteiger partial charge in [0, 0.05) is 0 Å². The Labute approximate surface area is 151 Å². The average Bonchev–Trinajstić information content (AvgIpc) is 2.54. The molecule has 5 atom stereocenters. The number of carboxylic acids is 1. The molecule has 0 saturated carbocycles. The molecular weight excluding hydrogens is 348 g/mol. The van der Waals surface area contributed by atoms with Crippen LogP contribution in [0.1, 0.15) is 27.7 Å². The number of carbonyl (C=O) groups is 4. The third kappa shape index (κ3) is 7.33. The quantitative estimate of drug-likeness (QED) is 0.208. The lowest BCUT2D eigenvalue weighted by Gasteiger charge is -2.23. The van der Waals surface area contributed by atoms with E-state index < -0.39 is 60.6 Å². The number of nitrogens with one attached hydrogen (secondary N) is 3. The van der Waals surface area contributed by atoms with E-state index in [-0.39, 0.29) is 5.92 Å². The number of rotatable bonds is 10. The zero-order chi connectivity index (χ0) is 20.6. The maximum absolute atomic E-state index is 12.1. The molecule has 0 heterocycles. The number of amides is 3. The van der Waals surface area contributed by atoms with Crippen LogP contribution in [0.2, 0.25) is 0 Å². The second-order valence-corrected chi connectivity index (χ2v) is 6.31. The van der Waals surface area contributed by atoms with Crippen LogP contribution in [0.4, 0.5) is 0 Å². The van der Waals surface area contributed by atoms with Gasteiger partial charge in [-0.3, -0.25) is 14.4 Å². The van der Waals surface area contributed by atoms with Crippen LogP contribution in [-0.4, -0.2) is 75.9 Å². The highest BCUT2D eigenvalue weighted by molar-refractivity contribution is 5.94. The van der Waals surface area contributed by atoms with E-state index in [2.05, 4.69) is 16.0 Å². The van der Waals surface area contributed by atoms with Gasteiger partial charge in [0.2, 0.25) is 17.7 Å². The third-order valence-corrected chi connectivity index (χ3v) is 3.62. The van der Waals surface area contributed by atoms with E-state index in [0.717, 1.165) is 0 Å². The summed E-state index contributed by atoms with van der Waals surface area (Å²) in [6.45, 7) is 5.08. The van der Waals surface area contributed by atoms with Crippen molar-refractivity contribution in [1.82, 2.24) is 16.0 Å². The Morgan fingerprint density at radius 1 is 0.923 bits per heavy atom. The van der Waals surface area contributed by atoms with Crippen LogP contribution in [0.15, 0.2) is 0 Å². The number of carbonyl (C=O) groups excluding carboxylic acids is 3. The van der Waals surface area contributed by atoms with Crippen LogP contribution in [0.5, 0.6) is 0 Å². The fourth-order valence-corrected chi connectivity index (χ4v) is 1.85. The first kappa shape index (κ1) is 23.8. The first-order valence-electron chi connectivity index (χ1n) is 8.10. The number of carboxylic acid groups (broad SMARTS) is 1. The molecule has 0 fully saturated rings. The molecule has 0 spiro atoms. The molecule has 0 radical (unpaired) electrons. The monoisotopic (exact) mass is 376 g/mol. The zero-order valence-corrected chi connectivity index (χ0v) is 15.2. The minimum Gasteiger partial charge on any atom is -0.480 e. The second kappa shape index (κ2) is 10.7. The topological polar surface area (TPSA) is 191 Å². The molecule has 0 rings (SSSR count). The van der Waals surface area contributed by atoms with Crippen LogP contribution in [0.3, 0.4) is 0 Å². The lowest BCUT2D eigenvalue weighted by atomic mass is 10.0. The van der Waals surface area contributed by atoms with Gasteiger partial charge in [-0.1, -0.05) is 13.8 Å². The first-order valence-corrected chi connectivity index (χ1v) is 8.10. The Morgan fingerprint density at radius 3 is 1.85 bits per heavy atom. The number of aliphatic carboxylic acids is 1. The molecule has 0 aliphatic rings. The van der Waals surface area contributed by atoms with E-state index in [1.807, 2.05) is 0 Å². The summed E-state index contributed by atoms with van der Waals surface area (Å²) in [5.74, 6) is -4.02. The fourth-order valence-electron chi connectivity index (χ4n) is 1.85. The van der Waals surface area contributed by atoms with E-state index >= 15 is 0 Å². The normalized spacial score (nSPS) is 16.8. The summed E-state index contributed by atoms with van der Waals surface area (Å²) in [6, 6.07) is -4.92. The Hall–Kier alpha value is -2.24. The Morgan fingerprint density at radius 2 is 1.46 bits per heavy atom. The minimum absolute atomic E-state index is 0.370. The molecule has 11 nitrogen and oxygen atoms in total. The van der Waals surface area contributed by atoms with Gasteiger partial charge in [0.15, 0.2) is 0 Å². The standard InChI is InChI=1S/C15H28N4O7/c1-6(2)11(15(25)26)19-12(22)7(3)17-13(23)9(5-20)18-14(24)10(16)8(4)21/h6-11,20-21H,5,16H2,1-4H3,(H,17,23)(H,18,24)(H,19,22)(H,25,26). The highest BCUT2D eigenvalue weighted by atomic mass is 16.4. The lowest BCUT2D eigenvalue weighted by Crippen LogP contribution is -2.58. The molecule has 11 heteroatoms. The molecular formula is C15H28N4O7. The van der Waals surface area contributed by atoms with Crippen molar-refractivity contribution in [3.05, 3.63) is 0 Å². The summed E-state index contributed by atoms with van der Waals surface area (Å²) in [7, 11) is 0. The van der Waals surface area contributed by atoms with Gasteiger partial charge in [-0.05, 0) is 19.8 Å². The Bertz CT molecular complexity index is 524. The summed E-state index contributed by atoms with van der Waals surface area (Å²) < 4.78 is 0. The number of nitrogens with two attached hydrogens (primary N) is 1. The molecule has 5 unspecified atom stereocenters. The van der Waals surface area contributed by atoms with Gasteiger partial charge in [0.1, 0.15) is 24.2 Å². The van der Waals surface area contributed by atoms with Crippen molar-refractivity contribution in [2.75, 3.05) is 6.61 Å². The lowest BCUT2D eigenvalue weighted by molar-refractivity contribution is -0.143. The van der Waals surface area contributed by atoms with Gasteiger partial charge in [-0.25, -0.2) is 4.79 Å². The largest absolute Gasteiger partial charge is 0.480 e. The summed E-state index contributed by atoms with van der Waals surface area (Å²) in [5.41, 5.74) is 5.43. The third-order valence-electron chi connectivity index (χ3n) is 3.62. The Kier molecular flexibility index (Phi) is 9.76. The number of hydrogen-bond donors (Lipinski definition) is 7. The molecule has 0 aromatic carbocycles. The number of aliphatic hydroxyl groups excluding tert-OH is 2. The highest BCUT2D eigenvalue weighted by Gasteiger charge is 2.29. The molecule has 26 heavy (non-hydrogen) atoms. The molecule has 0 aromatic heterocycles. The second-order valence-electron chi connectivity index (χ2n) is 6.31. The van der Waals surface area contributed by atoms with Crippen molar-refractivity contribution in [2.24, 2.45) is 11.7 Å². The smallest absolute Gasteiger partial charge is 0.326 e. The van der Waals surface area contributed by atoms with Crippen LogP contribution in [0, 0.1) is 5.92 Å². The van der Waals surface area contributed by atoms with Crippen molar-refractivity contribution < 1.29 is 34.5 Å². The summed E-state index contributed by atoms with van der Waals surface area (Å²) in [6.07, 6.45) is -1.16. The van der Waals surface area contributed by atoms with Gasteiger partial charge < -0.3 is 37.0 Å². The number of aliphatic hydroxyl groups is 2. The molecule has 0 saturated heterocycles. The van der Waals surface area contributed by atoms with Crippen molar-refractivity contribution in [2.45, 2.75) is 58.0 Å². The molecule has 0 aliphatic heterocycles. The van der Waals surface area contributed by atoms with Crippen molar-refractivity contribution in [1.29, 1.82) is 0 Å². The van der Waals surface area contributed by atoms with Crippen LogP contribution >= 0.6 is 0 Å². The molecule has 3 amide bonds. The molecule has 0 aromatic rings. The molecule has 0 aliphatic carbocycles. The molecule has 150 valence electrons. The van der Waals surface area contributed by atoms with E-state index in [9.17, 15) is 29.4 Å². The molecule has 0 bridgehead atoms. The highest BCUT2D eigenvalue weighted by Crippen LogP contribution is 2.02. The SMILES string of the molecule is CC(NC(=O)C(CO)NC(=O)C(N)C(C)O)C(=O)NC(C(=O)O)C(C)C. The van der Waals surface area contributed by atoms with E-state index in [4.69, 9.17) is 10.8 Å². The van der Waals surface area contributed by atoms with Crippen molar-refractivity contribution >= 4 is 23.7 Å². The summed E-state index contributed by atoms with van der Waals surface area (Å²) >= 11 is 0. The predicted molar refractivity (Wildman–Crippen MR) is 90.7 cm³/mol. The number of hydrogen-bond acceptors (Lipinski definition) is 7. The average molecular weight is 376 g/mol. The van der Waals surface area contributed by atoms with Gasteiger partial charge >= 0.3 is 5.97 Å². The van der Waals surface area contributed by atoms with Crippen molar-refractivity contribution in [3.63, 3.8) is 0 Å². The van der Waals surface area contributed by atoms with Gasteiger partial charge in [-0.2, -0.15) is 0 Å².